The summed E-state index contributed by atoms with van der Waals surface area (Å²) >= 11 is 0. The molecule has 2 aromatic rings. The van der Waals surface area contributed by atoms with Crippen molar-refractivity contribution in [2.75, 3.05) is 19.3 Å². The lowest BCUT2D eigenvalue weighted by molar-refractivity contribution is 0.0897. The summed E-state index contributed by atoms with van der Waals surface area (Å²) in [5, 5.41) is 3.28. The Morgan fingerprint density at radius 1 is 1.10 bits per heavy atom. The van der Waals surface area contributed by atoms with Crippen molar-refractivity contribution in [2.45, 2.75) is 50.0 Å². The first-order chi connectivity index (χ1) is 14.4. The van der Waals surface area contributed by atoms with Gasteiger partial charge in [0.15, 0.2) is 0 Å². The molecule has 1 saturated heterocycles. The Balaban J connectivity index is 1.48. The number of carbonyl (C=O) groups is 1. The number of carbonyl (C=O) groups excluding carboxylic acids is 1. The Morgan fingerprint density at radius 2 is 1.83 bits per heavy atom. The molecule has 1 saturated carbocycles. The van der Waals surface area contributed by atoms with E-state index < -0.39 is 10.0 Å². The molecule has 1 atom stereocenters. The fraction of sp³-hybridized carbons (Fsp3) is 0.478. The maximum absolute atomic E-state index is 13.0. The summed E-state index contributed by atoms with van der Waals surface area (Å²) in [4.78, 5) is 17.5. The molecule has 0 spiro atoms. The quantitative estimate of drug-likeness (QED) is 0.793. The second-order valence-corrected chi connectivity index (χ2v) is 10.5. The number of nitrogens with one attached hydrogen (secondary N) is 1. The average molecular weight is 428 g/mol. The van der Waals surface area contributed by atoms with E-state index in [1.807, 2.05) is 30.3 Å². The van der Waals surface area contributed by atoms with Crippen molar-refractivity contribution >= 4 is 15.9 Å². The van der Waals surface area contributed by atoms with Crippen molar-refractivity contribution in [1.82, 2.24) is 14.6 Å². The summed E-state index contributed by atoms with van der Waals surface area (Å²) in [6.07, 6.45) is 8.69. The highest BCUT2D eigenvalue weighted by Crippen LogP contribution is 2.39. The molecule has 1 aliphatic carbocycles. The van der Waals surface area contributed by atoms with E-state index in [1.165, 1.54) is 10.6 Å². The number of hydrogen-bond donors (Lipinski definition) is 1. The number of benzene rings is 1. The number of aromatic nitrogens is 1. The first-order valence-electron chi connectivity index (χ1n) is 10.7. The van der Waals surface area contributed by atoms with Crippen LogP contribution in [0.25, 0.3) is 0 Å². The molecule has 6 nitrogen and oxygen atoms in total. The minimum Gasteiger partial charge on any atom is -0.342 e. The molecule has 2 heterocycles. The van der Waals surface area contributed by atoms with Gasteiger partial charge in [-0.05, 0) is 43.4 Å². The van der Waals surface area contributed by atoms with Crippen molar-refractivity contribution in [3.8, 4) is 0 Å². The number of pyridine rings is 1. The van der Waals surface area contributed by atoms with Gasteiger partial charge < -0.3 is 5.32 Å². The Bertz CT molecular complexity index is 984. The zero-order valence-electron chi connectivity index (χ0n) is 17.4. The lowest BCUT2D eigenvalue weighted by atomic mass is 9.88. The normalized spacial score (nSPS) is 22.0. The minimum atomic E-state index is -3.19. The topological polar surface area (TPSA) is 79.4 Å². The largest absolute Gasteiger partial charge is 0.342 e. The van der Waals surface area contributed by atoms with E-state index in [0.29, 0.717) is 18.7 Å². The van der Waals surface area contributed by atoms with E-state index in [-0.39, 0.29) is 17.4 Å². The van der Waals surface area contributed by atoms with Crippen LogP contribution in [0.4, 0.5) is 0 Å². The summed E-state index contributed by atoms with van der Waals surface area (Å²) in [6, 6.07) is 13.9. The van der Waals surface area contributed by atoms with Crippen molar-refractivity contribution in [1.29, 1.82) is 0 Å². The lowest BCUT2D eigenvalue weighted by Crippen LogP contribution is -2.43. The molecule has 160 valence electrons. The Labute approximate surface area is 178 Å². The summed E-state index contributed by atoms with van der Waals surface area (Å²) < 4.78 is 25.3. The second-order valence-electron chi connectivity index (χ2n) is 8.54. The summed E-state index contributed by atoms with van der Waals surface area (Å²) in [5.74, 6) is -0.0442. The van der Waals surface area contributed by atoms with Crippen molar-refractivity contribution < 1.29 is 13.2 Å². The van der Waals surface area contributed by atoms with Gasteiger partial charge in [0.1, 0.15) is 0 Å². The van der Waals surface area contributed by atoms with Gasteiger partial charge >= 0.3 is 0 Å². The van der Waals surface area contributed by atoms with Crippen molar-refractivity contribution in [3.05, 3.63) is 65.5 Å². The Morgan fingerprint density at radius 3 is 2.47 bits per heavy atom. The molecule has 4 rings (SSSR count). The third-order valence-electron chi connectivity index (χ3n) is 6.46. The van der Waals surface area contributed by atoms with Gasteiger partial charge in [-0.15, -0.1) is 0 Å². The number of sulfonamides is 1. The highest BCUT2D eigenvalue weighted by molar-refractivity contribution is 7.88. The van der Waals surface area contributed by atoms with Crippen molar-refractivity contribution in [3.63, 3.8) is 0 Å². The van der Waals surface area contributed by atoms with Crippen LogP contribution in [0.15, 0.2) is 48.7 Å². The van der Waals surface area contributed by atoms with E-state index in [2.05, 4.69) is 22.4 Å². The summed E-state index contributed by atoms with van der Waals surface area (Å²) in [5.41, 5.74) is 2.23. The van der Waals surface area contributed by atoms with E-state index >= 15 is 0 Å². The smallest absolute Gasteiger partial charge is 0.253 e. The first kappa shape index (κ1) is 21.0. The van der Waals surface area contributed by atoms with Crippen LogP contribution in [-0.4, -0.2) is 43.0 Å². The standard InChI is InChI=1S/C23H29N3O3S/c1-30(28,29)26-15-7-8-19(17-26)21-12-11-18(16-24-21)22(27)25-23(13-5-6-14-23)20-9-3-2-4-10-20/h2-4,9-12,16,19H,5-8,13-15,17H2,1H3,(H,25,27)/t19-/m0/s1. The number of piperidine rings is 1. The van der Waals surface area contributed by atoms with Crippen molar-refractivity contribution in [2.24, 2.45) is 0 Å². The van der Waals surface area contributed by atoms with Crippen LogP contribution < -0.4 is 5.32 Å². The van der Waals surface area contributed by atoms with Crippen LogP contribution in [-0.2, 0) is 15.6 Å². The van der Waals surface area contributed by atoms with Crippen LogP contribution in [0, 0.1) is 0 Å². The predicted octanol–water partition coefficient (Wildman–Crippen LogP) is 3.42. The van der Waals surface area contributed by atoms with Crippen LogP contribution in [0.1, 0.15) is 66.1 Å². The molecule has 7 heteroatoms. The zero-order valence-corrected chi connectivity index (χ0v) is 18.2. The Kier molecular flexibility index (Phi) is 5.93. The van der Waals surface area contributed by atoms with E-state index in [4.69, 9.17) is 0 Å². The number of rotatable bonds is 5. The molecule has 1 amide bonds. The van der Waals surface area contributed by atoms with Crippen LogP contribution >= 0.6 is 0 Å². The maximum atomic E-state index is 13.0. The first-order valence-corrected chi connectivity index (χ1v) is 12.5. The summed E-state index contributed by atoms with van der Waals surface area (Å²) in [6.45, 7) is 1.02. The van der Waals surface area contributed by atoms with Crippen LogP contribution in [0.2, 0.25) is 0 Å². The Hall–Kier alpha value is -2.25. The van der Waals surface area contributed by atoms with Gasteiger partial charge in [0.05, 0.1) is 17.4 Å². The highest BCUT2D eigenvalue weighted by Gasteiger charge is 2.37. The molecule has 2 aliphatic rings. The average Bonchev–Trinajstić information content (AvgIpc) is 3.24. The lowest BCUT2D eigenvalue weighted by Gasteiger charge is -2.31. The van der Waals surface area contributed by atoms with Gasteiger partial charge in [-0.2, -0.15) is 0 Å². The number of hydrogen-bond acceptors (Lipinski definition) is 4. The highest BCUT2D eigenvalue weighted by atomic mass is 32.2. The molecule has 0 unspecified atom stereocenters. The molecule has 1 aliphatic heterocycles. The number of amides is 1. The van der Waals surface area contributed by atoms with Gasteiger partial charge in [-0.25, -0.2) is 12.7 Å². The van der Waals surface area contributed by atoms with E-state index in [1.54, 1.807) is 6.20 Å². The van der Waals surface area contributed by atoms with Gasteiger partial charge in [0, 0.05) is 30.9 Å². The molecule has 2 fully saturated rings. The SMILES string of the molecule is CS(=O)(=O)N1CCC[C@H](c2ccc(C(=O)NC3(c4ccccc4)CCCC3)cn2)C1. The van der Waals surface area contributed by atoms with Gasteiger partial charge in [-0.3, -0.25) is 9.78 Å². The third kappa shape index (κ3) is 4.42. The zero-order chi connectivity index (χ0) is 21.2. The molecule has 0 bridgehead atoms. The van der Waals surface area contributed by atoms with Gasteiger partial charge in [0.2, 0.25) is 10.0 Å². The minimum absolute atomic E-state index is 0.0658. The third-order valence-corrected chi connectivity index (χ3v) is 7.73. The number of nitrogens with zero attached hydrogens (tertiary/aromatic N) is 2. The molecular weight excluding hydrogens is 398 g/mol. The fourth-order valence-electron chi connectivity index (χ4n) is 4.78. The van der Waals surface area contributed by atoms with Crippen LogP contribution in [0.5, 0.6) is 0 Å². The maximum Gasteiger partial charge on any atom is 0.253 e. The monoisotopic (exact) mass is 427 g/mol. The van der Waals surface area contributed by atoms with E-state index in [9.17, 15) is 13.2 Å². The van der Waals surface area contributed by atoms with Gasteiger partial charge in [0.25, 0.3) is 5.91 Å². The fourth-order valence-corrected chi connectivity index (χ4v) is 5.69. The van der Waals surface area contributed by atoms with E-state index in [0.717, 1.165) is 49.8 Å². The van der Waals surface area contributed by atoms with Crippen LogP contribution in [0.3, 0.4) is 0 Å². The predicted molar refractivity (Wildman–Crippen MR) is 117 cm³/mol. The molecular formula is C23H29N3O3S. The second kappa shape index (κ2) is 8.47. The molecule has 1 aromatic heterocycles. The molecule has 0 radical (unpaired) electrons. The molecule has 1 aromatic carbocycles. The summed E-state index contributed by atoms with van der Waals surface area (Å²) in [7, 11) is -3.19. The molecule has 30 heavy (non-hydrogen) atoms. The van der Waals surface area contributed by atoms with Gasteiger partial charge in [-0.1, -0.05) is 43.2 Å². The molecule has 1 N–H and O–H groups in total.